The quantitative estimate of drug-likeness (QED) is 0.617. The van der Waals surface area contributed by atoms with Crippen molar-refractivity contribution in [3.05, 3.63) is 0 Å². The zero-order chi connectivity index (χ0) is 9.90. The van der Waals surface area contributed by atoms with Gasteiger partial charge in [0.15, 0.2) is 0 Å². The molecule has 0 saturated heterocycles. The molecular weight excluding hydrogens is 164 g/mol. The van der Waals surface area contributed by atoms with Crippen LogP contribution >= 0.6 is 0 Å². The van der Waals surface area contributed by atoms with Gasteiger partial charge in [-0.15, -0.1) is 0 Å². The zero-order valence-corrected chi connectivity index (χ0v) is 8.93. The standard InChI is InChI=1S/C11H20O2/c1-4-13-10(12)9-6-5-7-11(2,3)8-9/h9H,4-8H2,1-3H3. The van der Waals surface area contributed by atoms with Crippen LogP contribution < -0.4 is 0 Å². The molecule has 76 valence electrons. The maximum Gasteiger partial charge on any atom is 0.308 e. The molecule has 2 heteroatoms. The topological polar surface area (TPSA) is 26.3 Å². The highest BCUT2D eigenvalue weighted by Gasteiger charge is 2.32. The minimum atomic E-state index is 0.00951. The fourth-order valence-corrected chi connectivity index (χ4v) is 2.16. The van der Waals surface area contributed by atoms with E-state index < -0.39 is 0 Å². The van der Waals surface area contributed by atoms with Crippen LogP contribution in [0.4, 0.5) is 0 Å². The van der Waals surface area contributed by atoms with Crippen LogP contribution in [0.1, 0.15) is 46.5 Å². The van der Waals surface area contributed by atoms with Crippen molar-refractivity contribution < 1.29 is 9.53 Å². The van der Waals surface area contributed by atoms with Crippen LogP contribution in [0.5, 0.6) is 0 Å². The van der Waals surface area contributed by atoms with Crippen LogP contribution in [0.2, 0.25) is 0 Å². The molecule has 13 heavy (non-hydrogen) atoms. The molecule has 0 heterocycles. The molecule has 0 bridgehead atoms. The Kier molecular flexibility index (Phi) is 3.34. The second-order valence-electron chi connectivity index (χ2n) is 4.71. The average molecular weight is 184 g/mol. The molecule has 1 saturated carbocycles. The van der Waals surface area contributed by atoms with E-state index in [1.165, 1.54) is 6.42 Å². The summed E-state index contributed by atoms with van der Waals surface area (Å²) >= 11 is 0. The third-order valence-corrected chi connectivity index (χ3v) is 2.83. The highest BCUT2D eigenvalue weighted by atomic mass is 16.5. The molecule has 0 amide bonds. The van der Waals surface area contributed by atoms with Crippen LogP contribution in [0.15, 0.2) is 0 Å². The van der Waals surface area contributed by atoms with Crippen molar-refractivity contribution in [3.63, 3.8) is 0 Å². The summed E-state index contributed by atoms with van der Waals surface area (Å²) < 4.78 is 5.04. The van der Waals surface area contributed by atoms with Crippen molar-refractivity contribution in [1.82, 2.24) is 0 Å². The molecule has 1 unspecified atom stereocenters. The van der Waals surface area contributed by atoms with E-state index in [4.69, 9.17) is 4.74 Å². The summed E-state index contributed by atoms with van der Waals surface area (Å²) in [6, 6.07) is 0. The summed E-state index contributed by atoms with van der Waals surface area (Å²) in [5, 5.41) is 0. The van der Waals surface area contributed by atoms with E-state index in [0.29, 0.717) is 12.0 Å². The smallest absolute Gasteiger partial charge is 0.308 e. The second kappa shape index (κ2) is 4.12. The van der Waals surface area contributed by atoms with Gasteiger partial charge in [0, 0.05) is 0 Å². The summed E-state index contributed by atoms with van der Waals surface area (Å²) in [5.41, 5.74) is 0.329. The largest absolute Gasteiger partial charge is 0.466 e. The van der Waals surface area contributed by atoms with E-state index in [0.717, 1.165) is 19.3 Å². The van der Waals surface area contributed by atoms with Crippen molar-refractivity contribution >= 4 is 5.97 Å². The Hall–Kier alpha value is -0.530. The lowest BCUT2D eigenvalue weighted by Gasteiger charge is -2.33. The molecule has 1 fully saturated rings. The van der Waals surface area contributed by atoms with Gasteiger partial charge < -0.3 is 4.74 Å². The minimum absolute atomic E-state index is 0.00951. The highest BCUT2D eigenvalue weighted by Crippen LogP contribution is 2.38. The molecule has 1 rings (SSSR count). The van der Waals surface area contributed by atoms with Crippen molar-refractivity contribution in [3.8, 4) is 0 Å². The Balaban J connectivity index is 2.47. The SMILES string of the molecule is CCOC(=O)C1CCCC(C)(C)C1. The highest BCUT2D eigenvalue weighted by molar-refractivity contribution is 5.72. The molecular formula is C11H20O2. The summed E-state index contributed by atoms with van der Waals surface area (Å²) in [7, 11) is 0. The van der Waals surface area contributed by atoms with E-state index >= 15 is 0 Å². The van der Waals surface area contributed by atoms with Gasteiger partial charge in [-0.05, 0) is 31.6 Å². The molecule has 0 aliphatic heterocycles. The van der Waals surface area contributed by atoms with Gasteiger partial charge in [0.25, 0.3) is 0 Å². The van der Waals surface area contributed by atoms with Crippen LogP contribution in [-0.4, -0.2) is 12.6 Å². The maximum atomic E-state index is 11.5. The monoisotopic (exact) mass is 184 g/mol. The number of hydrogen-bond acceptors (Lipinski definition) is 2. The Morgan fingerprint density at radius 1 is 1.54 bits per heavy atom. The fourth-order valence-electron chi connectivity index (χ4n) is 2.16. The van der Waals surface area contributed by atoms with Crippen LogP contribution in [-0.2, 0) is 9.53 Å². The molecule has 0 aromatic heterocycles. The number of esters is 1. The van der Waals surface area contributed by atoms with Crippen molar-refractivity contribution in [1.29, 1.82) is 0 Å². The first kappa shape index (κ1) is 10.6. The summed E-state index contributed by atoms with van der Waals surface area (Å²) in [6.45, 7) is 6.85. The van der Waals surface area contributed by atoms with Gasteiger partial charge in [-0.25, -0.2) is 0 Å². The van der Waals surface area contributed by atoms with E-state index in [1.54, 1.807) is 0 Å². The Morgan fingerprint density at radius 3 is 2.77 bits per heavy atom. The summed E-state index contributed by atoms with van der Waals surface area (Å²) in [4.78, 5) is 11.5. The molecule has 1 atom stereocenters. The lowest BCUT2D eigenvalue weighted by atomic mass is 9.72. The Morgan fingerprint density at radius 2 is 2.23 bits per heavy atom. The predicted octanol–water partition coefficient (Wildman–Crippen LogP) is 2.77. The number of carbonyl (C=O) groups is 1. The summed E-state index contributed by atoms with van der Waals surface area (Å²) in [5.74, 6) is 0.166. The van der Waals surface area contributed by atoms with Crippen LogP contribution in [0.25, 0.3) is 0 Å². The zero-order valence-electron chi connectivity index (χ0n) is 8.93. The Labute approximate surface area is 80.7 Å². The number of carbonyl (C=O) groups excluding carboxylic acids is 1. The van der Waals surface area contributed by atoms with Crippen LogP contribution in [0, 0.1) is 11.3 Å². The first-order valence-corrected chi connectivity index (χ1v) is 5.22. The van der Waals surface area contributed by atoms with Gasteiger partial charge >= 0.3 is 5.97 Å². The molecule has 2 nitrogen and oxygen atoms in total. The van der Waals surface area contributed by atoms with E-state index in [9.17, 15) is 4.79 Å². The van der Waals surface area contributed by atoms with Gasteiger partial charge in [0.05, 0.1) is 12.5 Å². The number of hydrogen-bond donors (Lipinski definition) is 0. The van der Waals surface area contributed by atoms with E-state index in [1.807, 2.05) is 6.92 Å². The van der Waals surface area contributed by atoms with Crippen LogP contribution in [0.3, 0.4) is 0 Å². The summed E-state index contributed by atoms with van der Waals surface area (Å²) in [6.07, 6.45) is 4.41. The van der Waals surface area contributed by atoms with E-state index in [2.05, 4.69) is 13.8 Å². The number of ether oxygens (including phenoxy) is 1. The van der Waals surface area contributed by atoms with Gasteiger partial charge in [0.2, 0.25) is 0 Å². The first-order valence-electron chi connectivity index (χ1n) is 5.22. The van der Waals surface area contributed by atoms with Gasteiger partial charge in [-0.3, -0.25) is 4.79 Å². The molecule has 1 aliphatic rings. The normalized spacial score (nSPS) is 26.8. The van der Waals surface area contributed by atoms with Gasteiger partial charge in [0.1, 0.15) is 0 Å². The Bertz CT molecular complexity index is 185. The molecule has 0 N–H and O–H groups in total. The third-order valence-electron chi connectivity index (χ3n) is 2.83. The average Bonchev–Trinajstić information content (AvgIpc) is 2.03. The van der Waals surface area contributed by atoms with E-state index in [-0.39, 0.29) is 11.9 Å². The van der Waals surface area contributed by atoms with Crippen molar-refractivity contribution in [2.45, 2.75) is 46.5 Å². The van der Waals surface area contributed by atoms with Crippen molar-refractivity contribution in [2.24, 2.45) is 11.3 Å². The molecule has 0 radical (unpaired) electrons. The third kappa shape index (κ3) is 3.02. The van der Waals surface area contributed by atoms with Gasteiger partial charge in [-0.2, -0.15) is 0 Å². The minimum Gasteiger partial charge on any atom is -0.466 e. The van der Waals surface area contributed by atoms with Gasteiger partial charge in [-0.1, -0.05) is 20.3 Å². The molecule has 0 spiro atoms. The second-order valence-corrected chi connectivity index (χ2v) is 4.71. The predicted molar refractivity (Wildman–Crippen MR) is 52.4 cm³/mol. The molecule has 0 aromatic carbocycles. The molecule has 1 aliphatic carbocycles. The molecule has 0 aromatic rings. The first-order chi connectivity index (χ1) is 6.05. The number of rotatable bonds is 2. The lowest BCUT2D eigenvalue weighted by Crippen LogP contribution is -2.29. The van der Waals surface area contributed by atoms with Crippen molar-refractivity contribution in [2.75, 3.05) is 6.61 Å². The lowest BCUT2D eigenvalue weighted by molar-refractivity contribution is -0.150. The maximum absolute atomic E-state index is 11.5. The fraction of sp³-hybridized carbons (Fsp3) is 0.909.